The Labute approximate surface area is 100.0 Å². The third kappa shape index (κ3) is 2.22. The monoisotopic (exact) mass is 240 g/mol. The van der Waals surface area contributed by atoms with Crippen LogP contribution in [0.15, 0.2) is 0 Å². The lowest BCUT2D eigenvalue weighted by Crippen LogP contribution is -2.17. The van der Waals surface area contributed by atoms with Crippen molar-refractivity contribution in [2.24, 2.45) is 11.7 Å². The molecule has 0 amide bonds. The zero-order valence-corrected chi connectivity index (χ0v) is 10.3. The number of thiocarbonyl (C=S) groups is 1. The molecule has 0 saturated heterocycles. The fourth-order valence-electron chi connectivity index (χ4n) is 1.69. The standard InChI is InChI=1S/C10H16N4OS/c1-6(15-2)9-8(10(11)16)12-13-14(9)5-7-3-4-7/h6-7H,3-5H2,1-2H3,(H2,11,16). The molecule has 6 heteroatoms. The van der Waals surface area contributed by atoms with Crippen LogP contribution >= 0.6 is 12.2 Å². The van der Waals surface area contributed by atoms with Crippen molar-refractivity contribution < 1.29 is 4.74 Å². The molecule has 0 bridgehead atoms. The molecule has 88 valence electrons. The first kappa shape index (κ1) is 11.5. The molecule has 0 aliphatic heterocycles. The van der Waals surface area contributed by atoms with Gasteiger partial charge in [-0.05, 0) is 25.7 Å². The molecule has 2 N–H and O–H groups in total. The van der Waals surface area contributed by atoms with Gasteiger partial charge >= 0.3 is 0 Å². The van der Waals surface area contributed by atoms with Gasteiger partial charge in [-0.2, -0.15) is 0 Å². The van der Waals surface area contributed by atoms with Gasteiger partial charge in [0.1, 0.15) is 10.7 Å². The molecule has 0 aromatic carbocycles. The fourth-order valence-corrected chi connectivity index (χ4v) is 1.84. The summed E-state index contributed by atoms with van der Waals surface area (Å²) < 4.78 is 7.19. The summed E-state index contributed by atoms with van der Waals surface area (Å²) in [5.41, 5.74) is 7.11. The predicted molar refractivity (Wildman–Crippen MR) is 64.1 cm³/mol. The Morgan fingerprint density at radius 2 is 2.38 bits per heavy atom. The Hall–Kier alpha value is -1.01. The van der Waals surface area contributed by atoms with Crippen LogP contribution in [0.2, 0.25) is 0 Å². The predicted octanol–water partition coefficient (Wildman–Crippen LogP) is 1.03. The second-order valence-electron chi connectivity index (χ2n) is 4.19. The Bertz CT molecular complexity index is 400. The minimum atomic E-state index is -0.0924. The lowest BCUT2D eigenvalue weighted by atomic mass is 10.2. The Morgan fingerprint density at radius 3 is 2.88 bits per heavy atom. The topological polar surface area (TPSA) is 66.0 Å². The van der Waals surface area contributed by atoms with Crippen LogP contribution in [0.4, 0.5) is 0 Å². The Morgan fingerprint density at radius 1 is 1.69 bits per heavy atom. The summed E-state index contributed by atoms with van der Waals surface area (Å²) in [5.74, 6) is 0.726. The maximum atomic E-state index is 5.63. The maximum absolute atomic E-state index is 5.63. The van der Waals surface area contributed by atoms with Gasteiger partial charge in [0.15, 0.2) is 0 Å². The molecule has 1 aromatic rings. The molecule has 1 atom stereocenters. The van der Waals surface area contributed by atoms with Crippen LogP contribution < -0.4 is 5.73 Å². The molecule has 1 aliphatic carbocycles. The van der Waals surface area contributed by atoms with Crippen molar-refractivity contribution in [2.45, 2.75) is 32.4 Å². The molecule has 1 aliphatic rings. The first-order valence-corrected chi connectivity index (χ1v) is 5.80. The van der Waals surface area contributed by atoms with E-state index < -0.39 is 0 Å². The molecule has 1 heterocycles. The summed E-state index contributed by atoms with van der Waals surface area (Å²) in [5, 5.41) is 8.14. The van der Waals surface area contributed by atoms with E-state index in [9.17, 15) is 0 Å². The number of methoxy groups -OCH3 is 1. The van der Waals surface area contributed by atoms with E-state index in [-0.39, 0.29) is 11.1 Å². The normalized spacial score (nSPS) is 17.4. The van der Waals surface area contributed by atoms with Gasteiger partial charge in [0.25, 0.3) is 0 Å². The van der Waals surface area contributed by atoms with Crippen LogP contribution in [-0.2, 0) is 11.3 Å². The van der Waals surface area contributed by atoms with E-state index in [0.717, 1.165) is 18.2 Å². The number of rotatable bonds is 5. The van der Waals surface area contributed by atoms with E-state index >= 15 is 0 Å². The van der Waals surface area contributed by atoms with Crippen molar-refractivity contribution in [2.75, 3.05) is 7.11 Å². The van der Waals surface area contributed by atoms with E-state index in [2.05, 4.69) is 10.3 Å². The zero-order chi connectivity index (χ0) is 11.7. The average Bonchev–Trinajstić information content (AvgIpc) is 2.95. The van der Waals surface area contributed by atoms with Crippen LogP contribution in [0.1, 0.15) is 37.3 Å². The zero-order valence-electron chi connectivity index (χ0n) is 9.51. The first-order valence-electron chi connectivity index (χ1n) is 5.39. The molecule has 1 fully saturated rings. The summed E-state index contributed by atoms with van der Waals surface area (Å²) >= 11 is 4.97. The molecule has 5 nitrogen and oxygen atoms in total. The van der Waals surface area contributed by atoms with Gasteiger partial charge in [0.2, 0.25) is 0 Å². The molecule has 1 unspecified atom stereocenters. The van der Waals surface area contributed by atoms with E-state index in [1.807, 2.05) is 11.6 Å². The van der Waals surface area contributed by atoms with Crippen LogP contribution in [0.5, 0.6) is 0 Å². The Kier molecular flexibility index (Phi) is 3.20. The molecular formula is C10H16N4OS. The highest BCUT2D eigenvalue weighted by Crippen LogP contribution is 2.32. The minimum Gasteiger partial charge on any atom is -0.388 e. The number of hydrogen-bond donors (Lipinski definition) is 1. The van der Waals surface area contributed by atoms with Gasteiger partial charge in [-0.25, -0.2) is 4.68 Å². The second kappa shape index (κ2) is 4.47. The van der Waals surface area contributed by atoms with Crippen molar-refractivity contribution in [3.63, 3.8) is 0 Å². The molecule has 0 radical (unpaired) electrons. The number of ether oxygens (including phenoxy) is 1. The van der Waals surface area contributed by atoms with E-state index in [0.29, 0.717) is 5.69 Å². The maximum Gasteiger partial charge on any atom is 0.145 e. The van der Waals surface area contributed by atoms with Crippen molar-refractivity contribution in [3.8, 4) is 0 Å². The quantitative estimate of drug-likeness (QED) is 0.779. The van der Waals surface area contributed by atoms with E-state index in [4.69, 9.17) is 22.7 Å². The molecule has 16 heavy (non-hydrogen) atoms. The molecular weight excluding hydrogens is 224 g/mol. The number of hydrogen-bond acceptors (Lipinski definition) is 4. The van der Waals surface area contributed by atoms with E-state index in [1.165, 1.54) is 12.8 Å². The third-order valence-electron chi connectivity index (χ3n) is 2.87. The summed E-state index contributed by atoms with van der Waals surface area (Å²) in [4.78, 5) is 0.279. The number of nitrogens with two attached hydrogens (primary N) is 1. The minimum absolute atomic E-state index is 0.0924. The number of aromatic nitrogens is 3. The second-order valence-corrected chi connectivity index (χ2v) is 4.63. The smallest absolute Gasteiger partial charge is 0.145 e. The van der Waals surface area contributed by atoms with Crippen LogP contribution in [-0.4, -0.2) is 27.1 Å². The first-order chi connectivity index (χ1) is 7.63. The average molecular weight is 240 g/mol. The SMILES string of the molecule is COC(C)c1c(C(N)=S)nnn1CC1CC1. The highest BCUT2D eigenvalue weighted by Gasteiger charge is 2.27. The lowest BCUT2D eigenvalue weighted by Gasteiger charge is -2.12. The summed E-state index contributed by atoms with van der Waals surface area (Å²) in [7, 11) is 1.66. The van der Waals surface area contributed by atoms with E-state index in [1.54, 1.807) is 7.11 Å². The largest absolute Gasteiger partial charge is 0.388 e. The number of nitrogens with zero attached hydrogens (tertiary/aromatic N) is 3. The lowest BCUT2D eigenvalue weighted by molar-refractivity contribution is 0.111. The molecule has 1 aromatic heterocycles. The van der Waals surface area contributed by atoms with Gasteiger partial charge in [-0.3, -0.25) is 0 Å². The fraction of sp³-hybridized carbons (Fsp3) is 0.700. The summed E-state index contributed by atoms with van der Waals surface area (Å²) in [6.45, 7) is 2.84. The van der Waals surface area contributed by atoms with Gasteiger partial charge in [0.05, 0.1) is 11.8 Å². The van der Waals surface area contributed by atoms with Crippen molar-refractivity contribution >= 4 is 17.2 Å². The highest BCUT2D eigenvalue weighted by molar-refractivity contribution is 7.80. The van der Waals surface area contributed by atoms with Crippen LogP contribution in [0, 0.1) is 5.92 Å². The van der Waals surface area contributed by atoms with Crippen LogP contribution in [0.25, 0.3) is 0 Å². The summed E-state index contributed by atoms with van der Waals surface area (Å²) in [6.07, 6.45) is 2.44. The Balaban J connectivity index is 2.31. The van der Waals surface area contributed by atoms with Gasteiger partial charge in [-0.1, -0.05) is 17.4 Å². The molecule has 1 saturated carbocycles. The molecule has 0 spiro atoms. The van der Waals surface area contributed by atoms with Gasteiger partial charge in [-0.15, -0.1) is 5.10 Å². The molecule has 2 rings (SSSR count). The van der Waals surface area contributed by atoms with Crippen molar-refractivity contribution in [3.05, 3.63) is 11.4 Å². The third-order valence-corrected chi connectivity index (χ3v) is 3.07. The van der Waals surface area contributed by atoms with Crippen molar-refractivity contribution in [1.82, 2.24) is 15.0 Å². The summed E-state index contributed by atoms with van der Waals surface area (Å²) in [6, 6.07) is 0. The van der Waals surface area contributed by atoms with Crippen molar-refractivity contribution in [1.29, 1.82) is 0 Å². The van der Waals surface area contributed by atoms with Gasteiger partial charge < -0.3 is 10.5 Å². The van der Waals surface area contributed by atoms with Crippen LogP contribution in [0.3, 0.4) is 0 Å². The highest BCUT2D eigenvalue weighted by atomic mass is 32.1. The van der Waals surface area contributed by atoms with Gasteiger partial charge in [0, 0.05) is 13.7 Å².